The molecule has 0 atom stereocenters. The van der Waals surface area contributed by atoms with E-state index in [1.807, 2.05) is 11.4 Å². The molecule has 0 N–H and O–H groups in total. The van der Waals surface area contributed by atoms with E-state index in [9.17, 15) is 5.26 Å². The Morgan fingerprint density at radius 3 is 2.45 bits per heavy atom. The minimum Gasteiger partial charge on any atom is -0.238 e. The van der Waals surface area contributed by atoms with Crippen molar-refractivity contribution in [3.63, 3.8) is 0 Å². The summed E-state index contributed by atoms with van der Waals surface area (Å²) in [6, 6.07) is 2.26. The molecule has 2 aromatic rings. The average molecular weight is 319 g/mol. The van der Waals surface area contributed by atoms with E-state index in [1.54, 1.807) is 6.20 Å². The number of halogens is 1. The van der Waals surface area contributed by atoms with Crippen LogP contribution in [0.2, 0.25) is 5.02 Å². The fourth-order valence-electron chi connectivity index (χ4n) is 3.04. The van der Waals surface area contributed by atoms with Crippen molar-refractivity contribution < 1.29 is 0 Å². The van der Waals surface area contributed by atoms with E-state index in [4.69, 9.17) is 11.6 Å². The summed E-state index contributed by atoms with van der Waals surface area (Å²) in [7, 11) is 0. The standard InChI is InChI=1S/C14H15ClN4.C3H8/c1-3-14(5-4-6-14)13-10(7-16)12(15)11-8-17-9(2)18-19(11)13;1-3-2/h8H,3-6H2,1-2H3;3H2,1-2H3. The highest BCUT2D eigenvalue weighted by Gasteiger charge is 2.42. The third kappa shape index (κ3) is 2.59. The molecule has 1 saturated carbocycles. The molecular formula is C17H23ClN4. The number of hydrogen-bond donors (Lipinski definition) is 0. The second-order valence-corrected chi connectivity index (χ2v) is 6.32. The van der Waals surface area contributed by atoms with E-state index in [1.165, 1.54) is 12.8 Å². The smallest absolute Gasteiger partial charge is 0.146 e. The molecule has 0 spiro atoms. The van der Waals surface area contributed by atoms with Gasteiger partial charge in [0.05, 0.1) is 22.5 Å². The number of rotatable bonds is 2. The van der Waals surface area contributed by atoms with Crippen LogP contribution in [0.5, 0.6) is 0 Å². The van der Waals surface area contributed by atoms with Gasteiger partial charge in [-0.05, 0) is 26.2 Å². The van der Waals surface area contributed by atoms with Crippen LogP contribution in [0.3, 0.4) is 0 Å². The van der Waals surface area contributed by atoms with Gasteiger partial charge in [0.15, 0.2) is 0 Å². The molecule has 0 saturated heterocycles. The second-order valence-electron chi connectivity index (χ2n) is 5.95. The third-order valence-electron chi connectivity index (χ3n) is 4.34. The number of nitriles is 1. The Labute approximate surface area is 137 Å². The average Bonchev–Trinajstić information content (AvgIpc) is 2.72. The fraction of sp³-hybridized carbons (Fsp3) is 0.588. The Kier molecular flexibility index (Phi) is 5.08. The van der Waals surface area contributed by atoms with Gasteiger partial charge in [-0.25, -0.2) is 9.50 Å². The summed E-state index contributed by atoms with van der Waals surface area (Å²) >= 11 is 6.34. The van der Waals surface area contributed by atoms with Gasteiger partial charge in [0.2, 0.25) is 0 Å². The van der Waals surface area contributed by atoms with Crippen molar-refractivity contribution in [2.24, 2.45) is 0 Å². The number of fused-ring (bicyclic) bond motifs is 1. The first-order valence-electron chi connectivity index (χ1n) is 7.99. The van der Waals surface area contributed by atoms with Crippen molar-refractivity contribution in [2.75, 3.05) is 0 Å². The molecule has 0 radical (unpaired) electrons. The SMILES string of the molecule is CCC.CCC1(c2c(C#N)c(Cl)c3cnc(C)nn23)CCC1. The molecule has 0 aromatic carbocycles. The summed E-state index contributed by atoms with van der Waals surface area (Å²) in [6.45, 7) is 8.27. The molecular weight excluding hydrogens is 296 g/mol. The molecule has 118 valence electrons. The molecule has 4 nitrogen and oxygen atoms in total. The second kappa shape index (κ2) is 6.66. The topological polar surface area (TPSA) is 54.0 Å². The van der Waals surface area contributed by atoms with E-state index in [2.05, 4.69) is 36.9 Å². The minimum atomic E-state index is 0.0575. The lowest BCUT2D eigenvalue weighted by Gasteiger charge is -2.41. The Morgan fingerprint density at radius 1 is 1.36 bits per heavy atom. The van der Waals surface area contributed by atoms with Crippen LogP contribution in [0, 0.1) is 18.3 Å². The Morgan fingerprint density at radius 2 is 2.00 bits per heavy atom. The number of nitrogens with zero attached hydrogens (tertiary/aromatic N) is 4. The van der Waals surface area contributed by atoms with E-state index in [0.717, 1.165) is 30.5 Å². The molecule has 0 bridgehead atoms. The van der Waals surface area contributed by atoms with Gasteiger partial charge in [-0.2, -0.15) is 10.4 Å². The van der Waals surface area contributed by atoms with Gasteiger partial charge >= 0.3 is 0 Å². The van der Waals surface area contributed by atoms with Crippen LogP contribution in [0.25, 0.3) is 5.52 Å². The molecule has 5 heteroatoms. The van der Waals surface area contributed by atoms with Crippen molar-refractivity contribution in [3.8, 4) is 6.07 Å². The van der Waals surface area contributed by atoms with Crippen LogP contribution >= 0.6 is 11.6 Å². The quantitative estimate of drug-likeness (QED) is 0.798. The Hall–Kier alpha value is -1.60. The van der Waals surface area contributed by atoms with Crippen LogP contribution in [0.1, 0.15) is 70.0 Å². The van der Waals surface area contributed by atoms with Gasteiger partial charge in [0, 0.05) is 5.41 Å². The number of aryl methyl sites for hydroxylation is 1. The van der Waals surface area contributed by atoms with Crippen molar-refractivity contribution in [2.45, 2.75) is 65.2 Å². The predicted molar refractivity (Wildman–Crippen MR) is 89.2 cm³/mol. The summed E-state index contributed by atoms with van der Waals surface area (Å²) in [6.07, 6.45) is 7.37. The summed E-state index contributed by atoms with van der Waals surface area (Å²) in [4.78, 5) is 4.18. The maximum Gasteiger partial charge on any atom is 0.146 e. The summed E-state index contributed by atoms with van der Waals surface area (Å²) in [5, 5.41) is 14.4. The fourth-order valence-corrected chi connectivity index (χ4v) is 3.31. The zero-order chi connectivity index (χ0) is 16.3. The van der Waals surface area contributed by atoms with Gasteiger partial charge in [-0.1, -0.05) is 45.2 Å². The molecule has 3 rings (SSSR count). The molecule has 0 aliphatic heterocycles. The Bertz CT molecular complexity index is 702. The van der Waals surface area contributed by atoms with Crippen LogP contribution in [0.4, 0.5) is 0 Å². The lowest BCUT2D eigenvalue weighted by atomic mass is 9.64. The minimum absolute atomic E-state index is 0.0575. The first kappa shape index (κ1) is 16.8. The molecule has 1 fully saturated rings. The van der Waals surface area contributed by atoms with Crippen LogP contribution < -0.4 is 0 Å². The van der Waals surface area contributed by atoms with Crippen LogP contribution in [-0.2, 0) is 5.41 Å². The zero-order valence-corrected chi connectivity index (χ0v) is 14.5. The molecule has 2 heterocycles. The highest BCUT2D eigenvalue weighted by atomic mass is 35.5. The van der Waals surface area contributed by atoms with Gasteiger partial charge in [-0.3, -0.25) is 0 Å². The lowest BCUT2D eigenvalue weighted by molar-refractivity contribution is 0.224. The first-order valence-corrected chi connectivity index (χ1v) is 8.36. The zero-order valence-electron chi connectivity index (χ0n) is 13.8. The van der Waals surface area contributed by atoms with Crippen molar-refractivity contribution in [1.82, 2.24) is 14.6 Å². The highest BCUT2D eigenvalue weighted by Crippen LogP contribution is 2.49. The molecule has 0 amide bonds. The lowest BCUT2D eigenvalue weighted by Crippen LogP contribution is -2.35. The maximum atomic E-state index is 9.45. The van der Waals surface area contributed by atoms with E-state index >= 15 is 0 Å². The maximum absolute atomic E-state index is 9.45. The van der Waals surface area contributed by atoms with Crippen molar-refractivity contribution in [3.05, 3.63) is 28.3 Å². The first-order chi connectivity index (χ1) is 10.5. The van der Waals surface area contributed by atoms with Gasteiger partial charge in [0.1, 0.15) is 17.4 Å². The highest BCUT2D eigenvalue weighted by molar-refractivity contribution is 6.35. The van der Waals surface area contributed by atoms with Crippen molar-refractivity contribution in [1.29, 1.82) is 5.26 Å². The predicted octanol–water partition coefficient (Wildman–Crippen LogP) is 4.81. The van der Waals surface area contributed by atoms with Crippen LogP contribution in [-0.4, -0.2) is 14.6 Å². The molecule has 0 unspecified atom stereocenters. The summed E-state index contributed by atoms with van der Waals surface area (Å²) < 4.78 is 1.84. The van der Waals surface area contributed by atoms with Gasteiger partial charge in [0.25, 0.3) is 0 Å². The summed E-state index contributed by atoms with van der Waals surface area (Å²) in [5.74, 6) is 0.690. The molecule has 2 aromatic heterocycles. The van der Waals surface area contributed by atoms with Crippen molar-refractivity contribution >= 4 is 17.1 Å². The third-order valence-corrected chi connectivity index (χ3v) is 4.72. The van der Waals surface area contributed by atoms with E-state index in [0.29, 0.717) is 16.4 Å². The van der Waals surface area contributed by atoms with Gasteiger partial charge < -0.3 is 0 Å². The van der Waals surface area contributed by atoms with Gasteiger partial charge in [-0.15, -0.1) is 0 Å². The van der Waals surface area contributed by atoms with Crippen LogP contribution in [0.15, 0.2) is 6.20 Å². The van der Waals surface area contributed by atoms with E-state index < -0.39 is 0 Å². The number of hydrogen-bond acceptors (Lipinski definition) is 3. The Balaban J connectivity index is 0.000000545. The largest absolute Gasteiger partial charge is 0.238 e. The van der Waals surface area contributed by atoms with E-state index in [-0.39, 0.29) is 5.41 Å². The molecule has 1 aliphatic rings. The molecule has 1 aliphatic carbocycles. The normalized spacial score (nSPS) is 15.6. The number of aromatic nitrogens is 3. The summed E-state index contributed by atoms with van der Waals surface area (Å²) in [5.41, 5.74) is 2.35. The molecule has 22 heavy (non-hydrogen) atoms. The monoisotopic (exact) mass is 318 g/mol.